The quantitative estimate of drug-likeness (QED) is 0.718. The van der Waals surface area contributed by atoms with E-state index in [9.17, 15) is 14.0 Å². The molecule has 0 bridgehead atoms. The maximum atomic E-state index is 13.5. The second-order valence-corrected chi connectivity index (χ2v) is 7.15. The molecule has 27 heavy (non-hydrogen) atoms. The van der Waals surface area contributed by atoms with Crippen LogP contribution in [0.4, 0.5) is 10.1 Å². The molecule has 0 atom stereocenters. The van der Waals surface area contributed by atoms with Gasteiger partial charge in [0.1, 0.15) is 11.6 Å². The van der Waals surface area contributed by atoms with Crippen molar-refractivity contribution in [3.05, 3.63) is 58.9 Å². The van der Waals surface area contributed by atoms with E-state index in [0.29, 0.717) is 17.3 Å². The third-order valence-electron chi connectivity index (χ3n) is 3.68. The first kappa shape index (κ1) is 21.1. The number of ether oxygens (including phenoxy) is 1. The van der Waals surface area contributed by atoms with Crippen molar-refractivity contribution < 1.29 is 18.7 Å². The molecule has 2 rings (SSSR count). The van der Waals surface area contributed by atoms with Gasteiger partial charge < -0.3 is 15.0 Å². The molecule has 2 aromatic carbocycles. The standard InChI is InChI=1S/C19H20ClFN2O3S/c1-23(10-13-9-14(20)7-8-17(13)26-2)19(25)12-27-11-18(24)22-16-6-4-3-5-15(16)21/h3-9H,10-12H2,1-2H3,(H,22,24). The zero-order chi connectivity index (χ0) is 19.8. The summed E-state index contributed by atoms with van der Waals surface area (Å²) in [5.74, 6) is -0.172. The van der Waals surface area contributed by atoms with Crippen LogP contribution >= 0.6 is 23.4 Å². The van der Waals surface area contributed by atoms with Crippen molar-refractivity contribution in [3.63, 3.8) is 0 Å². The number of halogens is 2. The monoisotopic (exact) mass is 410 g/mol. The fraction of sp³-hybridized carbons (Fsp3) is 0.263. The molecule has 0 aromatic heterocycles. The third-order valence-corrected chi connectivity index (χ3v) is 4.83. The fourth-order valence-corrected chi connectivity index (χ4v) is 3.25. The largest absolute Gasteiger partial charge is 0.496 e. The number of hydrogen-bond donors (Lipinski definition) is 1. The first-order valence-electron chi connectivity index (χ1n) is 8.09. The van der Waals surface area contributed by atoms with Gasteiger partial charge in [0.2, 0.25) is 11.8 Å². The van der Waals surface area contributed by atoms with Gasteiger partial charge in [0.25, 0.3) is 0 Å². The fourth-order valence-electron chi connectivity index (χ4n) is 2.30. The molecular formula is C19H20ClFN2O3S. The Balaban J connectivity index is 1.80. The predicted molar refractivity (Wildman–Crippen MR) is 107 cm³/mol. The second-order valence-electron chi connectivity index (χ2n) is 5.73. The number of benzene rings is 2. The highest BCUT2D eigenvalue weighted by Gasteiger charge is 2.14. The number of nitrogens with zero attached hydrogens (tertiary/aromatic N) is 1. The summed E-state index contributed by atoms with van der Waals surface area (Å²) in [4.78, 5) is 25.7. The minimum absolute atomic E-state index is 0.0500. The van der Waals surface area contributed by atoms with Gasteiger partial charge in [-0.1, -0.05) is 23.7 Å². The Morgan fingerprint density at radius 2 is 1.96 bits per heavy atom. The van der Waals surface area contributed by atoms with Crippen molar-refractivity contribution in [3.8, 4) is 5.75 Å². The molecule has 1 N–H and O–H groups in total. The van der Waals surface area contributed by atoms with E-state index < -0.39 is 5.82 Å². The number of thioether (sulfide) groups is 1. The van der Waals surface area contributed by atoms with Crippen molar-refractivity contribution in [2.75, 3.05) is 31.0 Å². The predicted octanol–water partition coefficient (Wildman–Crippen LogP) is 3.82. The molecule has 144 valence electrons. The van der Waals surface area contributed by atoms with Crippen LogP contribution in [-0.2, 0) is 16.1 Å². The van der Waals surface area contributed by atoms with Crippen LogP contribution in [0.25, 0.3) is 0 Å². The van der Waals surface area contributed by atoms with Crippen molar-refractivity contribution in [2.45, 2.75) is 6.54 Å². The average molecular weight is 411 g/mol. The highest BCUT2D eigenvalue weighted by atomic mass is 35.5. The number of anilines is 1. The minimum atomic E-state index is -0.498. The Hall–Kier alpha value is -2.25. The highest BCUT2D eigenvalue weighted by Crippen LogP contribution is 2.24. The molecule has 0 radical (unpaired) electrons. The highest BCUT2D eigenvalue weighted by molar-refractivity contribution is 8.00. The number of amides is 2. The van der Waals surface area contributed by atoms with Gasteiger partial charge >= 0.3 is 0 Å². The molecule has 8 heteroatoms. The molecule has 5 nitrogen and oxygen atoms in total. The zero-order valence-corrected chi connectivity index (χ0v) is 16.6. The number of rotatable bonds is 8. The van der Waals surface area contributed by atoms with Crippen LogP contribution in [0.15, 0.2) is 42.5 Å². The van der Waals surface area contributed by atoms with Gasteiger partial charge in [-0.05, 0) is 30.3 Å². The van der Waals surface area contributed by atoms with Crippen molar-refractivity contribution in [1.82, 2.24) is 4.90 Å². The molecule has 2 aromatic rings. The van der Waals surface area contributed by atoms with Gasteiger partial charge in [-0.15, -0.1) is 11.8 Å². The minimum Gasteiger partial charge on any atom is -0.496 e. The topological polar surface area (TPSA) is 58.6 Å². The van der Waals surface area contributed by atoms with E-state index >= 15 is 0 Å². The summed E-state index contributed by atoms with van der Waals surface area (Å²) in [5, 5.41) is 3.04. The van der Waals surface area contributed by atoms with Crippen LogP contribution < -0.4 is 10.1 Å². The van der Waals surface area contributed by atoms with E-state index in [1.807, 2.05) is 0 Å². The molecule has 0 aliphatic carbocycles. The third kappa shape index (κ3) is 6.45. The summed E-state index contributed by atoms with van der Waals surface area (Å²) < 4.78 is 18.8. The molecule has 2 amide bonds. The molecule has 0 saturated carbocycles. The normalized spacial score (nSPS) is 10.4. The first-order valence-corrected chi connectivity index (χ1v) is 9.62. The Labute approximate surface area is 166 Å². The zero-order valence-electron chi connectivity index (χ0n) is 15.0. The lowest BCUT2D eigenvalue weighted by Crippen LogP contribution is -2.28. The van der Waals surface area contributed by atoms with Gasteiger partial charge in [-0.25, -0.2) is 4.39 Å². The molecule has 0 spiro atoms. The van der Waals surface area contributed by atoms with Gasteiger partial charge in [-0.3, -0.25) is 9.59 Å². The number of methoxy groups -OCH3 is 1. The maximum absolute atomic E-state index is 13.5. The lowest BCUT2D eigenvalue weighted by Gasteiger charge is -2.19. The summed E-state index contributed by atoms with van der Waals surface area (Å²) >= 11 is 7.16. The van der Waals surface area contributed by atoms with E-state index in [4.69, 9.17) is 16.3 Å². The van der Waals surface area contributed by atoms with Gasteiger partial charge in [0.15, 0.2) is 0 Å². The Morgan fingerprint density at radius 3 is 2.67 bits per heavy atom. The second kappa shape index (κ2) is 10.2. The molecular weight excluding hydrogens is 391 g/mol. The maximum Gasteiger partial charge on any atom is 0.234 e. The first-order chi connectivity index (χ1) is 12.9. The summed E-state index contributed by atoms with van der Waals surface area (Å²) in [6, 6.07) is 11.1. The van der Waals surface area contributed by atoms with E-state index in [1.54, 1.807) is 44.5 Å². The summed E-state index contributed by atoms with van der Waals surface area (Å²) in [6.07, 6.45) is 0. The van der Waals surface area contributed by atoms with Gasteiger partial charge in [-0.2, -0.15) is 0 Å². The van der Waals surface area contributed by atoms with Crippen molar-refractivity contribution in [2.24, 2.45) is 0 Å². The summed E-state index contributed by atoms with van der Waals surface area (Å²) in [7, 11) is 3.22. The van der Waals surface area contributed by atoms with Crippen LogP contribution in [-0.4, -0.2) is 42.4 Å². The van der Waals surface area contributed by atoms with Gasteiger partial charge in [0.05, 0.1) is 24.3 Å². The molecule has 0 heterocycles. The molecule has 0 aliphatic heterocycles. The van der Waals surface area contributed by atoms with Crippen LogP contribution in [0.2, 0.25) is 5.02 Å². The Bertz CT molecular complexity index is 819. The van der Waals surface area contributed by atoms with Crippen molar-refractivity contribution in [1.29, 1.82) is 0 Å². The van der Waals surface area contributed by atoms with E-state index in [1.165, 1.54) is 17.0 Å². The lowest BCUT2D eigenvalue weighted by molar-refractivity contribution is -0.127. The lowest BCUT2D eigenvalue weighted by atomic mass is 10.2. The molecule has 0 fully saturated rings. The summed E-state index contributed by atoms with van der Waals surface area (Å²) in [6.45, 7) is 0.338. The van der Waals surface area contributed by atoms with Crippen LogP contribution in [0.5, 0.6) is 5.75 Å². The number of nitrogens with one attached hydrogen (secondary N) is 1. The van der Waals surface area contributed by atoms with Crippen molar-refractivity contribution >= 4 is 40.9 Å². The number of carbonyl (C=O) groups is 2. The molecule has 0 saturated heterocycles. The number of para-hydroxylation sites is 1. The van der Waals surface area contributed by atoms with Crippen LogP contribution in [0.3, 0.4) is 0 Å². The van der Waals surface area contributed by atoms with Crippen LogP contribution in [0.1, 0.15) is 5.56 Å². The van der Waals surface area contributed by atoms with Crippen LogP contribution in [0, 0.1) is 5.82 Å². The Kier molecular flexibility index (Phi) is 7.94. The average Bonchev–Trinajstić information content (AvgIpc) is 2.63. The van der Waals surface area contributed by atoms with E-state index in [0.717, 1.165) is 17.3 Å². The number of carbonyl (C=O) groups excluding carboxylic acids is 2. The molecule has 0 aliphatic rings. The smallest absolute Gasteiger partial charge is 0.234 e. The molecule has 0 unspecified atom stereocenters. The van der Waals surface area contributed by atoms with E-state index in [-0.39, 0.29) is 29.0 Å². The Morgan fingerprint density at radius 1 is 1.22 bits per heavy atom. The van der Waals surface area contributed by atoms with Gasteiger partial charge in [0, 0.05) is 24.2 Å². The summed E-state index contributed by atoms with van der Waals surface area (Å²) in [5.41, 5.74) is 0.919. The SMILES string of the molecule is COc1ccc(Cl)cc1CN(C)C(=O)CSCC(=O)Nc1ccccc1F. The number of hydrogen-bond acceptors (Lipinski definition) is 4. The van der Waals surface area contributed by atoms with E-state index in [2.05, 4.69) is 5.32 Å².